The van der Waals surface area contributed by atoms with E-state index in [1.165, 1.54) is 5.69 Å². The van der Waals surface area contributed by atoms with E-state index < -0.39 is 0 Å². The lowest BCUT2D eigenvalue weighted by molar-refractivity contribution is -0.127. The van der Waals surface area contributed by atoms with E-state index >= 15 is 0 Å². The number of carbonyl (C=O) groups is 1. The van der Waals surface area contributed by atoms with Crippen molar-refractivity contribution in [1.82, 2.24) is 15.1 Å². The summed E-state index contributed by atoms with van der Waals surface area (Å²) in [5, 5.41) is 3.49. The van der Waals surface area contributed by atoms with Gasteiger partial charge in [-0.05, 0) is 37.8 Å². The van der Waals surface area contributed by atoms with Gasteiger partial charge in [0, 0.05) is 73.3 Å². The highest BCUT2D eigenvalue weighted by Crippen LogP contribution is 2.15. The Kier molecular flexibility index (Phi) is 15.1. The van der Waals surface area contributed by atoms with Gasteiger partial charge in [-0.2, -0.15) is 0 Å². The van der Waals surface area contributed by atoms with Crippen molar-refractivity contribution in [2.24, 2.45) is 4.99 Å². The minimum Gasteiger partial charge on any atom is -0.385 e. The van der Waals surface area contributed by atoms with Crippen LogP contribution in [0.4, 0.5) is 5.69 Å². The Labute approximate surface area is 216 Å². The van der Waals surface area contributed by atoms with Crippen molar-refractivity contribution in [3.63, 3.8) is 0 Å². The first kappa shape index (κ1) is 29.4. The predicted molar refractivity (Wildman–Crippen MR) is 146 cm³/mol. The number of nitrogens with one attached hydrogen (secondary N) is 1. The van der Waals surface area contributed by atoms with Crippen LogP contribution in [-0.2, 0) is 14.3 Å². The van der Waals surface area contributed by atoms with Gasteiger partial charge in [-0.15, -0.1) is 24.0 Å². The number of aliphatic imine (C=N–C) groups is 1. The molecule has 8 nitrogen and oxygen atoms in total. The van der Waals surface area contributed by atoms with Gasteiger partial charge in [0.25, 0.3) is 0 Å². The Hall–Kier alpha value is -1.59. The number of benzene rings is 1. The summed E-state index contributed by atoms with van der Waals surface area (Å²) >= 11 is 0. The van der Waals surface area contributed by atoms with Gasteiger partial charge in [-0.25, -0.2) is 4.99 Å². The highest BCUT2D eigenvalue weighted by molar-refractivity contribution is 14.0. The third-order valence-corrected chi connectivity index (χ3v) is 5.60. The molecule has 0 unspecified atom stereocenters. The number of hydrogen-bond donors (Lipinski definition) is 1. The van der Waals surface area contributed by atoms with Crippen LogP contribution in [0.1, 0.15) is 25.7 Å². The number of likely N-dealkylation sites (N-methyl/N-ethyl adjacent to an activating group) is 1. The number of anilines is 1. The molecule has 2 rings (SSSR count). The van der Waals surface area contributed by atoms with Gasteiger partial charge in [0.05, 0.1) is 6.10 Å². The fourth-order valence-electron chi connectivity index (χ4n) is 3.57. The van der Waals surface area contributed by atoms with E-state index in [0.29, 0.717) is 0 Å². The van der Waals surface area contributed by atoms with Crippen LogP contribution in [0.5, 0.6) is 0 Å². The van der Waals surface area contributed by atoms with Crippen LogP contribution in [0.3, 0.4) is 0 Å². The third kappa shape index (κ3) is 11.4. The summed E-state index contributed by atoms with van der Waals surface area (Å²) in [6.45, 7) is 5.13. The molecule has 1 aliphatic rings. The average Bonchev–Trinajstić information content (AvgIpc) is 2.82. The lowest BCUT2D eigenvalue weighted by Crippen LogP contribution is -2.48. The number of amides is 1. The van der Waals surface area contributed by atoms with Gasteiger partial charge < -0.3 is 29.5 Å². The van der Waals surface area contributed by atoms with Gasteiger partial charge in [-0.1, -0.05) is 18.2 Å². The third-order valence-electron chi connectivity index (χ3n) is 5.60. The molecule has 1 aromatic carbocycles. The minimum absolute atomic E-state index is 0. The van der Waals surface area contributed by atoms with Gasteiger partial charge in [0.15, 0.2) is 5.96 Å². The van der Waals surface area contributed by atoms with Crippen molar-refractivity contribution >= 4 is 41.5 Å². The predicted octanol–water partition coefficient (Wildman–Crippen LogP) is 2.68. The Balaban J connectivity index is 0.00000544. The normalized spacial score (nSPS) is 14.5. The van der Waals surface area contributed by atoms with Crippen molar-refractivity contribution in [3.8, 4) is 0 Å². The molecular weight excluding hydrogens is 533 g/mol. The number of methoxy groups -OCH3 is 1. The molecule has 0 spiro atoms. The van der Waals surface area contributed by atoms with Crippen LogP contribution in [0, 0.1) is 0 Å². The summed E-state index contributed by atoms with van der Waals surface area (Å²) in [6.07, 6.45) is 4.12. The molecule has 1 aromatic rings. The monoisotopic (exact) mass is 575 g/mol. The molecule has 1 heterocycles. The lowest BCUT2D eigenvalue weighted by atomic mass is 10.1. The Bertz CT molecular complexity index is 682. The molecule has 188 valence electrons. The second-order valence-electron chi connectivity index (χ2n) is 8.37. The highest BCUT2D eigenvalue weighted by atomic mass is 127. The first-order valence-corrected chi connectivity index (χ1v) is 11.6. The van der Waals surface area contributed by atoms with E-state index in [0.717, 1.165) is 71.0 Å². The number of piperidine rings is 1. The molecule has 1 N–H and O–H groups in total. The summed E-state index contributed by atoms with van der Waals surface area (Å²) in [4.78, 5) is 22.8. The van der Waals surface area contributed by atoms with Crippen LogP contribution in [-0.4, -0.2) is 102 Å². The summed E-state index contributed by atoms with van der Waals surface area (Å²) < 4.78 is 11.1. The first-order chi connectivity index (χ1) is 15.5. The molecule has 1 amide bonds. The number of para-hydroxylation sites is 1. The molecule has 1 aliphatic heterocycles. The molecule has 0 saturated carbocycles. The maximum Gasteiger partial charge on any atom is 0.243 e. The van der Waals surface area contributed by atoms with Crippen molar-refractivity contribution in [1.29, 1.82) is 0 Å². The lowest BCUT2D eigenvalue weighted by Gasteiger charge is -2.34. The molecule has 0 bridgehead atoms. The van der Waals surface area contributed by atoms with E-state index in [1.807, 2.05) is 6.07 Å². The number of carbonyl (C=O) groups excluding carboxylic acids is 1. The number of guanidine groups is 1. The molecule has 0 aliphatic carbocycles. The zero-order valence-corrected chi connectivity index (χ0v) is 23.0. The van der Waals surface area contributed by atoms with E-state index in [-0.39, 0.29) is 42.5 Å². The zero-order chi connectivity index (χ0) is 23.2. The molecule has 1 saturated heterocycles. The molecule has 0 atom stereocenters. The van der Waals surface area contributed by atoms with Crippen LogP contribution in [0.2, 0.25) is 0 Å². The molecular formula is C24H42IN5O3. The summed E-state index contributed by atoms with van der Waals surface area (Å²) in [5.74, 6) is 0.824. The smallest absolute Gasteiger partial charge is 0.243 e. The zero-order valence-electron chi connectivity index (χ0n) is 20.7. The molecule has 33 heavy (non-hydrogen) atoms. The largest absolute Gasteiger partial charge is 0.385 e. The topological polar surface area (TPSA) is 69.6 Å². The van der Waals surface area contributed by atoms with Crippen molar-refractivity contribution in [2.75, 3.05) is 79.1 Å². The maximum absolute atomic E-state index is 12.1. The quantitative estimate of drug-likeness (QED) is 0.179. The number of ether oxygens (including phenoxy) is 2. The number of halogens is 1. The van der Waals surface area contributed by atoms with Crippen LogP contribution >= 0.6 is 24.0 Å². The van der Waals surface area contributed by atoms with Crippen LogP contribution in [0.15, 0.2) is 35.3 Å². The fourth-order valence-corrected chi connectivity index (χ4v) is 3.57. The van der Waals surface area contributed by atoms with Gasteiger partial charge in [0.1, 0.15) is 6.54 Å². The maximum atomic E-state index is 12.1. The van der Waals surface area contributed by atoms with Crippen LogP contribution in [0.25, 0.3) is 0 Å². The van der Waals surface area contributed by atoms with Gasteiger partial charge in [0.2, 0.25) is 5.91 Å². The van der Waals surface area contributed by atoms with Crippen molar-refractivity contribution in [2.45, 2.75) is 31.8 Å². The summed E-state index contributed by atoms with van der Waals surface area (Å²) in [6, 6.07) is 10.4. The van der Waals surface area contributed by atoms with Crippen molar-refractivity contribution in [3.05, 3.63) is 30.3 Å². The van der Waals surface area contributed by atoms with Gasteiger partial charge >= 0.3 is 0 Å². The Morgan fingerprint density at radius 3 is 2.45 bits per heavy atom. The first-order valence-electron chi connectivity index (χ1n) is 11.6. The van der Waals surface area contributed by atoms with Crippen molar-refractivity contribution < 1.29 is 14.3 Å². The molecule has 9 heteroatoms. The van der Waals surface area contributed by atoms with Gasteiger partial charge in [-0.3, -0.25) is 4.79 Å². The van der Waals surface area contributed by atoms with E-state index in [1.54, 1.807) is 26.1 Å². The Morgan fingerprint density at radius 2 is 1.82 bits per heavy atom. The highest BCUT2D eigenvalue weighted by Gasteiger charge is 2.22. The second kappa shape index (κ2) is 16.9. The summed E-state index contributed by atoms with van der Waals surface area (Å²) in [5.41, 5.74) is 1.21. The average molecular weight is 576 g/mol. The Morgan fingerprint density at radius 1 is 1.12 bits per heavy atom. The van der Waals surface area contributed by atoms with E-state index in [2.05, 4.69) is 51.4 Å². The SMILES string of the molecule is COCCCOC1CCN(C(=NCC(=O)N(C)C)NCCCN(C)c2ccccc2)CC1.I. The van der Waals surface area contributed by atoms with E-state index in [9.17, 15) is 4.79 Å². The standard InChI is InChI=1S/C24H41N5O3.HI/c1-27(2)23(30)20-26-24(25-14-8-15-28(3)21-10-6-5-7-11-21)29-16-12-22(13-17-29)32-19-9-18-31-4;/h5-7,10-11,22H,8-9,12-20H2,1-4H3,(H,25,26);1H. The molecule has 0 radical (unpaired) electrons. The van der Waals surface area contributed by atoms with E-state index in [4.69, 9.17) is 9.47 Å². The number of nitrogens with zero attached hydrogens (tertiary/aromatic N) is 4. The van der Waals surface area contributed by atoms with Crippen LogP contribution < -0.4 is 10.2 Å². The minimum atomic E-state index is 0. The number of rotatable bonds is 12. The second-order valence-corrected chi connectivity index (χ2v) is 8.37. The number of hydrogen-bond acceptors (Lipinski definition) is 5. The summed E-state index contributed by atoms with van der Waals surface area (Å²) in [7, 11) is 7.35. The molecule has 1 fully saturated rings. The number of likely N-dealkylation sites (tertiary alicyclic amines) is 1. The fraction of sp³-hybridized carbons (Fsp3) is 0.667. The molecule has 0 aromatic heterocycles.